The maximum absolute atomic E-state index is 11.8. The summed E-state index contributed by atoms with van der Waals surface area (Å²) in [4.78, 5) is 31.1. The predicted octanol–water partition coefficient (Wildman–Crippen LogP) is 21.1. The lowest BCUT2D eigenvalue weighted by molar-refractivity contribution is -0.384. The Morgan fingerprint density at radius 2 is 0.842 bits per heavy atom. The molecular weight excluding hydrogens is 1200 g/mol. The summed E-state index contributed by atoms with van der Waals surface area (Å²) in [5.74, 6) is 16.9. The molecule has 0 atom stereocenters. The highest BCUT2D eigenvalue weighted by Crippen LogP contribution is 2.41. The van der Waals surface area contributed by atoms with Gasteiger partial charge in [0.15, 0.2) is 0 Å². The lowest BCUT2D eigenvalue weighted by Crippen LogP contribution is -2.12. The Balaban J connectivity index is 1.13. The highest BCUT2D eigenvalue weighted by atomic mass is 32.1. The van der Waals surface area contributed by atoms with Crippen LogP contribution < -0.4 is 18.9 Å². The van der Waals surface area contributed by atoms with E-state index in [4.69, 9.17) is 28.9 Å². The van der Waals surface area contributed by atoms with Crippen molar-refractivity contribution in [3.63, 3.8) is 0 Å². The van der Waals surface area contributed by atoms with Gasteiger partial charge in [0, 0.05) is 62.8 Å². The molecule has 95 heavy (non-hydrogen) atoms. The van der Waals surface area contributed by atoms with E-state index in [1.807, 2.05) is 36.4 Å². The van der Waals surface area contributed by atoms with E-state index in [1.54, 1.807) is 23.5 Å². The molecule has 5 aromatic carbocycles. The first kappa shape index (κ1) is 65.0. The first-order valence-corrected chi connectivity index (χ1v) is 33.5. The second-order valence-corrected chi connectivity index (χ2v) is 30.4. The van der Waals surface area contributed by atoms with Gasteiger partial charge in [-0.05, 0) is 168 Å². The van der Waals surface area contributed by atoms with Crippen LogP contribution in [0.4, 0.5) is 5.69 Å². The summed E-state index contributed by atoms with van der Waals surface area (Å²) >= 11 is 1.65. The van der Waals surface area contributed by atoms with Crippen LogP contribution >= 0.6 is 11.3 Å². The second-order valence-electron chi connectivity index (χ2n) is 29.3. The number of thiophene rings is 1. The van der Waals surface area contributed by atoms with Crippen molar-refractivity contribution in [2.75, 3.05) is 26.4 Å². The van der Waals surface area contributed by atoms with Crippen LogP contribution in [0.5, 0.6) is 23.0 Å². The lowest BCUT2D eigenvalue weighted by Gasteiger charge is -2.20. The molecule has 2 aliphatic heterocycles. The molecule has 482 valence electrons. The summed E-state index contributed by atoms with van der Waals surface area (Å²) in [5, 5.41) is 15.2. The molecule has 0 aliphatic carbocycles. The number of hydrogen-bond acceptors (Lipinski definition) is 9. The Labute approximate surface area is 561 Å². The molecule has 0 fully saturated rings. The largest absolute Gasteiger partial charge is 0.493 e. The fourth-order valence-corrected chi connectivity index (χ4v) is 12.2. The number of hydrogen-bond donors (Lipinski definition) is 2. The topological polar surface area (TPSA) is 142 Å². The minimum Gasteiger partial charge on any atom is -0.493 e. The predicted molar refractivity (Wildman–Crippen MR) is 392 cm³/mol. The fourth-order valence-electron chi connectivity index (χ4n) is 11.3. The highest BCUT2D eigenvalue weighted by molar-refractivity contribution is 7.15. The van der Waals surface area contributed by atoms with E-state index >= 15 is 0 Å². The maximum Gasteiger partial charge on any atom is 0.269 e. The molecule has 2 N–H and O–H groups in total. The molecule has 0 saturated heterocycles. The number of aromatic amines is 2. The molecule has 0 spiro atoms. The number of benzene rings is 5. The lowest BCUT2D eigenvalue weighted by atomic mass is 9.93. The van der Waals surface area contributed by atoms with E-state index in [9.17, 15) is 10.1 Å². The van der Waals surface area contributed by atoms with E-state index in [-0.39, 0.29) is 27.3 Å². The van der Waals surface area contributed by atoms with Crippen LogP contribution in [-0.4, -0.2) is 55.9 Å². The number of nitrogens with zero attached hydrogens (tertiary/aromatic N) is 4. The molecule has 7 heterocycles. The molecular formula is C82H82N6O6S. The third-order valence-electron chi connectivity index (χ3n) is 16.7. The summed E-state index contributed by atoms with van der Waals surface area (Å²) in [7, 11) is 0. The van der Waals surface area contributed by atoms with Crippen molar-refractivity contribution in [2.24, 2.45) is 21.7 Å². The van der Waals surface area contributed by atoms with Crippen LogP contribution in [0, 0.1) is 55.5 Å². The molecule has 0 saturated carbocycles. The van der Waals surface area contributed by atoms with E-state index in [0.717, 1.165) is 85.4 Å². The first-order chi connectivity index (χ1) is 45.3. The van der Waals surface area contributed by atoms with Crippen LogP contribution in [0.1, 0.15) is 153 Å². The van der Waals surface area contributed by atoms with Gasteiger partial charge in [-0.25, -0.2) is 9.97 Å². The van der Waals surface area contributed by atoms with Gasteiger partial charge in [-0.15, -0.1) is 11.3 Å². The van der Waals surface area contributed by atoms with E-state index < -0.39 is 4.92 Å². The summed E-state index contributed by atoms with van der Waals surface area (Å²) in [6.07, 6.45) is 11.5. The van der Waals surface area contributed by atoms with Crippen LogP contribution in [0.2, 0.25) is 0 Å². The minimum absolute atomic E-state index is 0.0191. The van der Waals surface area contributed by atoms with Gasteiger partial charge < -0.3 is 33.5 Å². The quantitative estimate of drug-likeness (QED) is 0.0553. The number of fused-ring (bicyclic) bond motifs is 11. The van der Waals surface area contributed by atoms with Gasteiger partial charge in [0.2, 0.25) is 0 Å². The van der Waals surface area contributed by atoms with E-state index in [1.165, 1.54) is 22.9 Å². The summed E-state index contributed by atoms with van der Waals surface area (Å²) < 4.78 is 28.9. The summed E-state index contributed by atoms with van der Waals surface area (Å²) in [5.41, 5.74) is 13.2. The number of nitrogens with one attached hydrogen (secondary N) is 2. The standard InChI is InChI=1S/C82H82N6O6S/c1-79(2,3)39-43-91-57-47-54(48-58(51-57)92-44-40-80(4,5)6)77-70-34-30-66(83-70)64(28-23-53-21-24-56(25-22-53)88(89)90)67-31-35-71(84-67)78(55-49-59(93-45-41-81(7,8)9)52-60(50-55)94-46-42-82(10,11)12)73-37-33-69(86-73)65(68-32-36-72(77)85-68)29-26-61-27-38-76(95-61)87-74-19-15-13-17-62(74)63-18-14-16-20-75(63)87/h13-22,24-25,27,30-38,47-52,83,86H,39-46H2,1-12H3. The van der Waals surface area contributed by atoms with Crippen LogP contribution in [-0.2, 0) is 0 Å². The van der Waals surface area contributed by atoms with E-state index in [2.05, 4.69) is 231 Å². The SMILES string of the molecule is CC(C)(C)CCOc1cc(OCCC(C)(C)C)cc(-c2c3nc(c(C#Cc4ccc(-n5c6ccccc6c6ccccc65)s4)c4ccc([nH]4)c(-c4cc(OCCC(C)(C)C)cc(OCCC(C)(C)C)c4)c4nc(c(C#Cc5ccc([N+](=O)[O-])cc5)c5ccc2[nH]5)C=C4)C=C3)c1. The number of rotatable bonds is 16. The van der Waals surface area contributed by atoms with Crippen LogP contribution in [0.15, 0.2) is 146 Å². The molecule has 5 aromatic heterocycles. The number of H-pyrrole nitrogens is 2. The Hall–Kier alpha value is -10.1. The third kappa shape index (κ3) is 15.8. The van der Waals surface area contributed by atoms with E-state index in [0.29, 0.717) is 94.4 Å². The Morgan fingerprint density at radius 1 is 0.453 bits per heavy atom. The van der Waals surface area contributed by atoms with Gasteiger partial charge >= 0.3 is 0 Å². The Morgan fingerprint density at radius 3 is 1.25 bits per heavy atom. The van der Waals surface area contributed by atoms with Crippen molar-refractivity contribution < 1.29 is 23.9 Å². The third-order valence-corrected chi connectivity index (χ3v) is 17.7. The molecule has 0 unspecified atom stereocenters. The number of nitro benzene ring substituents is 1. The number of ether oxygens (including phenoxy) is 4. The zero-order valence-corrected chi connectivity index (χ0v) is 57.3. The van der Waals surface area contributed by atoms with Crippen molar-refractivity contribution >= 4 is 85.2 Å². The highest BCUT2D eigenvalue weighted by Gasteiger charge is 2.23. The van der Waals surface area contributed by atoms with Crippen molar-refractivity contribution in [1.82, 2.24) is 24.5 Å². The summed E-state index contributed by atoms with van der Waals surface area (Å²) in [6.45, 7) is 28.6. The normalized spacial score (nSPS) is 12.4. The molecule has 12 nitrogen and oxygen atoms in total. The zero-order chi connectivity index (χ0) is 66.8. The van der Waals surface area contributed by atoms with Crippen LogP contribution in [0.3, 0.4) is 0 Å². The molecule has 2 aliphatic rings. The molecule has 10 aromatic rings. The zero-order valence-electron chi connectivity index (χ0n) is 56.5. The smallest absolute Gasteiger partial charge is 0.269 e. The second kappa shape index (κ2) is 26.7. The molecule has 12 rings (SSSR count). The monoisotopic (exact) mass is 1280 g/mol. The van der Waals surface area contributed by atoms with Gasteiger partial charge in [0.1, 0.15) is 28.0 Å². The average molecular weight is 1280 g/mol. The van der Waals surface area contributed by atoms with Crippen LogP contribution in [0.25, 0.3) is 95.4 Å². The Bertz CT molecular complexity index is 4730. The number of aromatic nitrogens is 5. The van der Waals surface area contributed by atoms with Crippen molar-refractivity contribution in [1.29, 1.82) is 0 Å². The fraction of sp³-hybridized carbons (Fsp3) is 0.293. The van der Waals surface area contributed by atoms with Gasteiger partial charge in [-0.2, -0.15) is 0 Å². The van der Waals surface area contributed by atoms with Crippen molar-refractivity contribution in [3.05, 3.63) is 200 Å². The summed E-state index contributed by atoms with van der Waals surface area (Å²) in [6, 6.07) is 48.1. The maximum atomic E-state index is 11.8. The number of para-hydroxylation sites is 2. The number of nitro groups is 1. The first-order valence-electron chi connectivity index (χ1n) is 32.7. The molecule has 8 bridgehead atoms. The molecule has 13 heteroatoms. The average Bonchev–Trinajstić information content (AvgIpc) is 1.61. The Kier molecular flexibility index (Phi) is 18.3. The van der Waals surface area contributed by atoms with Gasteiger partial charge in [-0.3, -0.25) is 10.1 Å². The van der Waals surface area contributed by atoms with Gasteiger partial charge in [0.05, 0.1) is 92.2 Å². The molecule has 0 amide bonds. The van der Waals surface area contributed by atoms with Gasteiger partial charge in [0.25, 0.3) is 5.69 Å². The minimum atomic E-state index is -0.409. The number of non-ortho nitro benzene ring substituents is 1. The van der Waals surface area contributed by atoms with Gasteiger partial charge in [-0.1, -0.05) is 143 Å². The van der Waals surface area contributed by atoms with Crippen molar-refractivity contribution in [2.45, 2.75) is 109 Å². The molecule has 0 radical (unpaired) electrons. The van der Waals surface area contributed by atoms with Crippen molar-refractivity contribution in [3.8, 4) is 73.9 Å².